The summed E-state index contributed by atoms with van der Waals surface area (Å²) in [5, 5.41) is 2.08. The fraction of sp³-hybridized carbons (Fsp3) is 0.0690. The number of rotatable bonds is 8. The van der Waals surface area contributed by atoms with Crippen LogP contribution in [0.2, 0.25) is 10.0 Å². The number of nitrogens with one attached hydrogen (secondary N) is 2. The lowest BCUT2D eigenvalue weighted by atomic mass is 10.2. The maximum Gasteiger partial charge on any atom is 0.403 e. The molecule has 0 fully saturated rings. The quantitative estimate of drug-likeness (QED) is 0.154. The molecule has 0 aliphatic heterocycles. The van der Waals surface area contributed by atoms with Crippen LogP contribution in [0.15, 0.2) is 89.0 Å². The first-order valence-electron chi connectivity index (χ1n) is 13.3. The summed E-state index contributed by atoms with van der Waals surface area (Å²) in [4.78, 5) is 11.5. The topological polar surface area (TPSA) is 136 Å². The van der Waals surface area contributed by atoms with Crippen molar-refractivity contribution in [1.82, 2.24) is 19.5 Å². The van der Waals surface area contributed by atoms with E-state index in [1.807, 2.05) is 4.72 Å². The molecule has 0 unspecified atom stereocenters. The van der Waals surface area contributed by atoms with Crippen LogP contribution in [0.4, 0.5) is 39.1 Å². The van der Waals surface area contributed by atoms with Crippen LogP contribution in [0.1, 0.15) is 0 Å². The summed E-state index contributed by atoms with van der Waals surface area (Å²) < 4.78 is 125. The van der Waals surface area contributed by atoms with E-state index in [-0.39, 0.29) is 43.6 Å². The number of fused-ring (bicyclic) bond motifs is 2. The summed E-state index contributed by atoms with van der Waals surface area (Å²) in [5.41, 5.74) is -1.21. The Morgan fingerprint density at radius 2 is 1.60 bits per heavy atom. The Bertz CT molecular complexity index is 2480. The second-order valence-corrected chi connectivity index (χ2v) is 14.5. The molecule has 2 N–H and O–H groups in total. The molecule has 10 nitrogen and oxygen atoms in total. The Kier molecular flexibility index (Phi) is 8.43. The van der Waals surface area contributed by atoms with Gasteiger partial charge in [0.1, 0.15) is 34.1 Å². The Balaban J connectivity index is 1.42. The third-order valence-electron chi connectivity index (χ3n) is 6.86. The van der Waals surface area contributed by atoms with Gasteiger partial charge in [0.25, 0.3) is 10.0 Å². The average Bonchev–Trinajstić information content (AvgIpc) is 3.41. The van der Waals surface area contributed by atoms with E-state index < -0.39 is 64.6 Å². The van der Waals surface area contributed by atoms with E-state index in [0.717, 1.165) is 30.7 Å². The molecule has 0 spiro atoms. The molecule has 6 aromatic rings. The van der Waals surface area contributed by atoms with Gasteiger partial charge in [0.15, 0.2) is 27.2 Å². The van der Waals surface area contributed by atoms with E-state index in [2.05, 4.69) is 20.3 Å². The van der Waals surface area contributed by atoms with Crippen LogP contribution in [0.25, 0.3) is 27.8 Å². The molecule has 248 valence electrons. The van der Waals surface area contributed by atoms with Crippen molar-refractivity contribution >= 4 is 82.2 Å². The normalized spacial score (nSPS) is 12.5. The first-order valence-corrected chi connectivity index (χ1v) is 17.2. The van der Waals surface area contributed by atoms with Gasteiger partial charge >= 0.3 is 6.18 Å². The second-order valence-electron chi connectivity index (χ2n) is 10.1. The molecule has 0 aliphatic carbocycles. The zero-order valence-corrected chi connectivity index (χ0v) is 26.7. The van der Waals surface area contributed by atoms with Crippen molar-refractivity contribution in [3.8, 4) is 5.82 Å². The molecule has 3 aromatic carbocycles. The molecule has 0 amide bonds. The van der Waals surface area contributed by atoms with Crippen molar-refractivity contribution in [1.29, 1.82) is 0 Å². The molecule has 3 heterocycles. The highest BCUT2D eigenvalue weighted by atomic mass is 35.5. The van der Waals surface area contributed by atoms with Crippen LogP contribution in [0.3, 0.4) is 0 Å². The molecule has 0 aliphatic rings. The molecule has 0 bridgehead atoms. The number of aromatic nitrogens is 4. The Morgan fingerprint density at radius 3 is 2.35 bits per heavy atom. The van der Waals surface area contributed by atoms with Crippen LogP contribution in [-0.2, 0) is 19.9 Å². The van der Waals surface area contributed by atoms with Gasteiger partial charge < -0.3 is 5.32 Å². The largest absolute Gasteiger partial charge is 0.403 e. The highest BCUT2D eigenvalue weighted by Crippen LogP contribution is 2.35. The third kappa shape index (κ3) is 6.33. The fourth-order valence-electron chi connectivity index (χ4n) is 4.79. The van der Waals surface area contributed by atoms with Crippen molar-refractivity contribution in [2.75, 3.05) is 15.8 Å². The summed E-state index contributed by atoms with van der Waals surface area (Å²) >= 11 is 11.9. The molecule has 0 atom stereocenters. The number of alkyl halides is 3. The number of sulfonamides is 1. The first-order chi connectivity index (χ1) is 22.6. The molecule has 0 saturated carbocycles. The Hall–Kier alpha value is -4.58. The molecule has 3 aromatic heterocycles. The van der Waals surface area contributed by atoms with E-state index in [0.29, 0.717) is 0 Å². The lowest BCUT2D eigenvalue weighted by Crippen LogP contribution is -2.22. The average molecular weight is 744 g/mol. The van der Waals surface area contributed by atoms with Crippen molar-refractivity contribution in [3.63, 3.8) is 0 Å². The number of hydrogen-bond acceptors (Lipinski definition) is 8. The van der Waals surface area contributed by atoms with Crippen LogP contribution < -0.4 is 10.0 Å². The predicted octanol–water partition coefficient (Wildman–Crippen LogP) is 7.43. The van der Waals surface area contributed by atoms with Crippen molar-refractivity contribution in [2.45, 2.75) is 16.0 Å². The number of anilines is 3. The van der Waals surface area contributed by atoms with E-state index >= 15 is 8.78 Å². The zero-order chi connectivity index (χ0) is 34.6. The lowest BCUT2D eigenvalue weighted by Gasteiger charge is -2.15. The molecule has 6 rings (SSSR count). The standard InChI is InChI=1S/C29H17Cl2F5N6O4S2/c30-16-5-3-7-21(24(16)31)48(45,46)41-18-9-8-17(32)26(25(18)33)40-28-27-19(37-14-38-28)10-11-23(39-27)42-12-22(15-4-1-2-6-20(15)42)47(43,44)13-29(34,35)36/h1-12,14,41H,13H2,(H,37,38,40). The SMILES string of the molecule is O=S(=O)(CC(F)(F)F)c1cn(-c2ccc3ncnc(Nc4c(F)ccc(NS(=O)(=O)c5cccc(Cl)c5Cl)c4F)c3n2)c2ccccc12. The zero-order valence-electron chi connectivity index (χ0n) is 23.6. The van der Waals surface area contributed by atoms with Crippen LogP contribution in [0, 0.1) is 11.6 Å². The van der Waals surface area contributed by atoms with Crippen molar-refractivity contribution in [3.05, 3.63) is 101 Å². The minimum absolute atomic E-state index is 0.00543. The summed E-state index contributed by atoms with van der Waals surface area (Å²) in [6.45, 7) is 0. The Morgan fingerprint density at radius 1 is 0.854 bits per heavy atom. The number of benzene rings is 3. The smallest absolute Gasteiger partial charge is 0.333 e. The molecule has 0 radical (unpaired) electrons. The summed E-state index contributed by atoms with van der Waals surface area (Å²) in [6, 6.07) is 14.1. The van der Waals surface area contributed by atoms with Gasteiger partial charge in [-0.3, -0.25) is 9.29 Å². The summed E-state index contributed by atoms with van der Waals surface area (Å²) in [7, 11) is -9.33. The second kappa shape index (κ2) is 12.1. The molecule has 48 heavy (non-hydrogen) atoms. The Labute approximate surface area is 278 Å². The fourth-order valence-corrected chi connectivity index (χ4v) is 7.97. The molecule has 0 saturated heterocycles. The van der Waals surface area contributed by atoms with Gasteiger partial charge in [-0.1, -0.05) is 47.5 Å². The van der Waals surface area contributed by atoms with E-state index in [4.69, 9.17) is 23.2 Å². The maximum absolute atomic E-state index is 15.7. The summed E-state index contributed by atoms with van der Waals surface area (Å²) in [6.07, 6.45) is -2.94. The maximum atomic E-state index is 15.7. The van der Waals surface area contributed by atoms with Gasteiger partial charge in [-0.2, -0.15) is 13.2 Å². The number of halogens is 7. The molecular formula is C29H17Cl2F5N6O4S2. The van der Waals surface area contributed by atoms with Crippen LogP contribution >= 0.6 is 23.2 Å². The third-order valence-corrected chi connectivity index (χ3v) is 10.9. The molecular weight excluding hydrogens is 726 g/mol. The number of hydrogen-bond donors (Lipinski definition) is 2. The van der Waals surface area contributed by atoms with E-state index in [1.165, 1.54) is 47.0 Å². The lowest BCUT2D eigenvalue weighted by molar-refractivity contribution is -0.106. The van der Waals surface area contributed by atoms with Crippen LogP contribution in [0.5, 0.6) is 0 Å². The minimum Gasteiger partial charge on any atom is -0.333 e. The van der Waals surface area contributed by atoms with Gasteiger partial charge in [-0.15, -0.1) is 0 Å². The van der Waals surface area contributed by atoms with Gasteiger partial charge in [-0.25, -0.2) is 40.6 Å². The number of nitrogens with zero attached hydrogens (tertiary/aromatic N) is 4. The van der Waals surface area contributed by atoms with Crippen molar-refractivity contribution in [2.24, 2.45) is 0 Å². The van der Waals surface area contributed by atoms with Gasteiger partial charge in [0.05, 0.1) is 31.7 Å². The van der Waals surface area contributed by atoms with Gasteiger partial charge in [0, 0.05) is 11.6 Å². The highest BCUT2D eigenvalue weighted by molar-refractivity contribution is 7.93. The first kappa shape index (κ1) is 33.3. The van der Waals surface area contributed by atoms with Crippen LogP contribution in [-0.4, -0.2) is 48.3 Å². The molecule has 19 heteroatoms. The van der Waals surface area contributed by atoms with Crippen molar-refractivity contribution < 1.29 is 38.8 Å². The number of pyridine rings is 1. The highest BCUT2D eigenvalue weighted by Gasteiger charge is 2.37. The number of sulfone groups is 1. The van der Waals surface area contributed by atoms with Gasteiger partial charge in [-0.05, 0) is 42.5 Å². The van der Waals surface area contributed by atoms with Gasteiger partial charge in [0.2, 0.25) is 0 Å². The predicted molar refractivity (Wildman–Crippen MR) is 169 cm³/mol. The minimum atomic E-state index is -5.00. The van der Waals surface area contributed by atoms with E-state index in [1.54, 1.807) is 6.07 Å². The number of para-hydroxylation sites is 1. The summed E-state index contributed by atoms with van der Waals surface area (Å²) in [5.74, 6) is -4.84. The monoisotopic (exact) mass is 742 g/mol. The van der Waals surface area contributed by atoms with E-state index in [9.17, 15) is 30.0 Å².